The Labute approximate surface area is 152 Å². The van der Waals surface area contributed by atoms with Gasteiger partial charge in [0.2, 0.25) is 5.43 Å². The molecule has 2 N–H and O–H groups in total. The highest BCUT2D eigenvalue weighted by Gasteiger charge is 2.38. The second-order valence-corrected chi connectivity index (χ2v) is 7.14. The van der Waals surface area contributed by atoms with Crippen molar-refractivity contribution in [1.82, 2.24) is 0 Å². The standard InChI is InChI=1S/C20H16F2O5/c1-20(2)16(24)6-12-14(23)7-15-17(19(12)27-20)18(25)13(8-26-15)9-3-10(21)5-11(22)4-9/h3-5,7-8,16,23-24H,6H2,1-2H3. The van der Waals surface area contributed by atoms with Crippen molar-refractivity contribution in [3.63, 3.8) is 0 Å². The molecule has 0 fully saturated rings. The predicted molar refractivity (Wildman–Crippen MR) is 93.9 cm³/mol. The lowest BCUT2D eigenvalue weighted by molar-refractivity contribution is -0.0406. The van der Waals surface area contributed by atoms with Crippen molar-refractivity contribution in [2.75, 3.05) is 0 Å². The second-order valence-electron chi connectivity index (χ2n) is 7.14. The number of phenolic OH excluding ortho intramolecular Hbond substituents is 1. The van der Waals surface area contributed by atoms with E-state index in [-0.39, 0.29) is 45.6 Å². The third kappa shape index (κ3) is 2.75. The summed E-state index contributed by atoms with van der Waals surface area (Å²) in [5, 5.41) is 20.5. The van der Waals surface area contributed by atoms with Gasteiger partial charge in [0, 0.05) is 24.1 Å². The van der Waals surface area contributed by atoms with Crippen molar-refractivity contribution in [3.8, 4) is 22.6 Å². The number of benzene rings is 2. The first-order valence-corrected chi connectivity index (χ1v) is 8.31. The Hall–Kier alpha value is -2.93. The first-order valence-electron chi connectivity index (χ1n) is 8.31. The van der Waals surface area contributed by atoms with E-state index in [0.29, 0.717) is 6.07 Å². The summed E-state index contributed by atoms with van der Waals surface area (Å²) < 4.78 is 38.4. The van der Waals surface area contributed by atoms with Crippen molar-refractivity contribution in [1.29, 1.82) is 0 Å². The van der Waals surface area contributed by atoms with Crippen LogP contribution in [0.4, 0.5) is 8.78 Å². The molecule has 0 amide bonds. The summed E-state index contributed by atoms with van der Waals surface area (Å²) in [5.74, 6) is -1.71. The molecular formula is C20H16F2O5. The maximum Gasteiger partial charge on any atom is 0.204 e. The molecule has 0 saturated heterocycles. The fraction of sp³-hybridized carbons (Fsp3) is 0.250. The van der Waals surface area contributed by atoms with Gasteiger partial charge in [-0.05, 0) is 31.5 Å². The van der Waals surface area contributed by atoms with Crippen LogP contribution >= 0.6 is 0 Å². The lowest BCUT2D eigenvalue weighted by atomic mass is 9.89. The van der Waals surface area contributed by atoms with Crippen LogP contribution in [0.15, 0.2) is 39.7 Å². The lowest BCUT2D eigenvalue weighted by Crippen LogP contribution is -2.46. The molecule has 7 heteroatoms. The molecule has 1 aromatic heterocycles. The molecule has 0 radical (unpaired) electrons. The Morgan fingerprint density at radius 3 is 2.48 bits per heavy atom. The number of aliphatic hydroxyl groups is 1. The second kappa shape index (κ2) is 5.79. The molecule has 140 valence electrons. The van der Waals surface area contributed by atoms with E-state index < -0.39 is 28.8 Å². The number of fused-ring (bicyclic) bond motifs is 3. The van der Waals surface area contributed by atoms with Crippen LogP contribution in [0.2, 0.25) is 0 Å². The number of aliphatic hydroxyl groups excluding tert-OH is 1. The monoisotopic (exact) mass is 374 g/mol. The van der Waals surface area contributed by atoms with Crippen LogP contribution in [0.25, 0.3) is 22.1 Å². The molecule has 2 heterocycles. The fourth-order valence-corrected chi connectivity index (χ4v) is 3.27. The molecule has 27 heavy (non-hydrogen) atoms. The zero-order valence-corrected chi connectivity index (χ0v) is 14.5. The van der Waals surface area contributed by atoms with E-state index in [9.17, 15) is 23.8 Å². The van der Waals surface area contributed by atoms with E-state index in [0.717, 1.165) is 18.4 Å². The minimum atomic E-state index is -0.999. The van der Waals surface area contributed by atoms with Gasteiger partial charge in [-0.2, -0.15) is 0 Å². The third-order valence-electron chi connectivity index (χ3n) is 4.84. The van der Waals surface area contributed by atoms with E-state index in [4.69, 9.17) is 9.15 Å². The maximum atomic E-state index is 13.6. The summed E-state index contributed by atoms with van der Waals surface area (Å²) >= 11 is 0. The molecule has 0 aliphatic carbocycles. The van der Waals surface area contributed by atoms with Gasteiger partial charge in [0.1, 0.15) is 46.0 Å². The van der Waals surface area contributed by atoms with Crippen LogP contribution in [0, 0.1) is 11.6 Å². The Morgan fingerprint density at radius 1 is 1.15 bits per heavy atom. The molecule has 5 nitrogen and oxygen atoms in total. The Kier molecular flexibility index (Phi) is 3.75. The van der Waals surface area contributed by atoms with E-state index >= 15 is 0 Å². The maximum absolute atomic E-state index is 13.6. The van der Waals surface area contributed by atoms with Gasteiger partial charge in [0.25, 0.3) is 0 Å². The molecule has 3 aromatic rings. The largest absolute Gasteiger partial charge is 0.507 e. The van der Waals surface area contributed by atoms with Crippen molar-refractivity contribution in [2.24, 2.45) is 0 Å². The quantitative estimate of drug-likeness (QED) is 0.681. The summed E-state index contributed by atoms with van der Waals surface area (Å²) in [6.45, 7) is 3.31. The topological polar surface area (TPSA) is 79.9 Å². The van der Waals surface area contributed by atoms with Crippen molar-refractivity contribution in [2.45, 2.75) is 32.0 Å². The molecule has 0 bridgehead atoms. The average Bonchev–Trinajstić information content (AvgIpc) is 2.55. The van der Waals surface area contributed by atoms with Crippen molar-refractivity contribution < 1.29 is 28.1 Å². The molecule has 1 aliphatic heterocycles. The van der Waals surface area contributed by atoms with Gasteiger partial charge in [-0.3, -0.25) is 4.79 Å². The van der Waals surface area contributed by atoms with Gasteiger partial charge in [-0.15, -0.1) is 0 Å². The van der Waals surface area contributed by atoms with E-state index in [1.165, 1.54) is 6.07 Å². The Bertz CT molecular complexity index is 1110. The zero-order chi connectivity index (χ0) is 19.5. The number of phenols is 1. The molecular weight excluding hydrogens is 358 g/mol. The fourth-order valence-electron chi connectivity index (χ4n) is 3.27. The van der Waals surface area contributed by atoms with Crippen LogP contribution in [0.3, 0.4) is 0 Å². The minimum absolute atomic E-state index is 0.0279. The molecule has 2 aromatic carbocycles. The highest BCUT2D eigenvalue weighted by atomic mass is 19.1. The summed E-state index contributed by atoms with van der Waals surface area (Å²) in [4.78, 5) is 13.1. The predicted octanol–water partition coefficient (Wildman–Crippen LogP) is 3.52. The third-order valence-corrected chi connectivity index (χ3v) is 4.84. The number of rotatable bonds is 1. The molecule has 0 saturated carbocycles. The highest BCUT2D eigenvalue weighted by molar-refractivity contribution is 5.90. The average molecular weight is 374 g/mol. The zero-order valence-electron chi connectivity index (χ0n) is 14.5. The van der Waals surface area contributed by atoms with Gasteiger partial charge in [-0.1, -0.05) is 0 Å². The molecule has 1 aliphatic rings. The minimum Gasteiger partial charge on any atom is -0.507 e. The van der Waals surface area contributed by atoms with Crippen LogP contribution in [0.5, 0.6) is 11.5 Å². The number of aromatic hydroxyl groups is 1. The van der Waals surface area contributed by atoms with E-state index in [1.54, 1.807) is 13.8 Å². The van der Waals surface area contributed by atoms with Crippen LogP contribution in [0.1, 0.15) is 19.4 Å². The van der Waals surface area contributed by atoms with Gasteiger partial charge < -0.3 is 19.4 Å². The van der Waals surface area contributed by atoms with Gasteiger partial charge >= 0.3 is 0 Å². The summed E-state index contributed by atoms with van der Waals surface area (Å²) in [6, 6.07) is 4.03. The number of hydrogen-bond donors (Lipinski definition) is 2. The van der Waals surface area contributed by atoms with Crippen LogP contribution in [-0.2, 0) is 6.42 Å². The molecule has 0 spiro atoms. The van der Waals surface area contributed by atoms with Crippen LogP contribution < -0.4 is 10.2 Å². The summed E-state index contributed by atoms with van der Waals surface area (Å²) in [6.07, 6.45) is 0.288. The number of halogens is 2. The van der Waals surface area contributed by atoms with Gasteiger partial charge in [0.05, 0.1) is 11.7 Å². The molecule has 1 atom stereocenters. The lowest BCUT2D eigenvalue weighted by Gasteiger charge is -2.37. The van der Waals surface area contributed by atoms with E-state index in [2.05, 4.69) is 0 Å². The smallest absolute Gasteiger partial charge is 0.204 e. The molecule has 4 rings (SSSR count). The molecule has 1 unspecified atom stereocenters. The number of ether oxygens (including phenoxy) is 1. The summed E-state index contributed by atoms with van der Waals surface area (Å²) in [7, 11) is 0. The van der Waals surface area contributed by atoms with Gasteiger partial charge in [0.15, 0.2) is 0 Å². The van der Waals surface area contributed by atoms with Crippen molar-refractivity contribution in [3.05, 3.63) is 57.9 Å². The summed E-state index contributed by atoms with van der Waals surface area (Å²) in [5.41, 5.74) is -1.21. The van der Waals surface area contributed by atoms with Crippen LogP contribution in [-0.4, -0.2) is 21.9 Å². The Balaban J connectivity index is 2.04. The first kappa shape index (κ1) is 17.5. The first-order chi connectivity index (χ1) is 12.7. The SMILES string of the molecule is CC1(C)Oc2c(c(O)cc3occ(-c4cc(F)cc(F)c4)c(=O)c23)CC1O. The number of hydrogen-bond acceptors (Lipinski definition) is 5. The Morgan fingerprint density at radius 2 is 1.81 bits per heavy atom. The van der Waals surface area contributed by atoms with Crippen molar-refractivity contribution >= 4 is 11.0 Å². The van der Waals surface area contributed by atoms with Gasteiger partial charge in [-0.25, -0.2) is 8.78 Å². The highest BCUT2D eigenvalue weighted by Crippen LogP contribution is 2.43. The van der Waals surface area contributed by atoms with E-state index in [1.807, 2.05) is 0 Å². The normalized spacial score (nSPS) is 18.2.